The maximum absolute atomic E-state index is 3.50. The smallest absolute Gasteiger partial charge is 0.0355 e. The zero-order chi connectivity index (χ0) is 14.4. The van der Waals surface area contributed by atoms with Crippen molar-refractivity contribution < 1.29 is 0 Å². The second kappa shape index (κ2) is 7.77. The number of likely N-dealkylation sites (N-methyl/N-ethyl adjacent to an activating group) is 1. The van der Waals surface area contributed by atoms with Gasteiger partial charge in [0.05, 0.1) is 0 Å². The number of rotatable bonds is 5. The summed E-state index contributed by atoms with van der Waals surface area (Å²) < 4.78 is 0. The van der Waals surface area contributed by atoms with E-state index in [9.17, 15) is 0 Å². The number of hydrogen-bond acceptors (Lipinski definition) is 3. The van der Waals surface area contributed by atoms with Crippen molar-refractivity contribution in [3.05, 3.63) is 35.9 Å². The minimum Gasteiger partial charge on any atom is -0.313 e. The number of hydrogen-bond donors (Lipinski definition) is 1. The molecule has 0 amide bonds. The Morgan fingerprint density at radius 3 is 2.55 bits per heavy atom. The largest absolute Gasteiger partial charge is 0.313 e. The maximum atomic E-state index is 3.50. The summed E-state index contributed by atoms with van der Waals surface area (Å²) in [5.41, 5.74) is 1.40. The minimum atomic E-state index is 0.442. The van der Waals surface area contributed by atoms with Gasteiger partial charge in [-0.2, -0.15) is 0 Å². The quantitative estimate of drug-likeness (QED) is 0.889. The summed E-state index contributed by atoms with van der Waals surface area (Å²) in [7, 11) is 4.30. The van der Waals surface area contributed by atoms with Crippen molar-refractivity contribution in [2.24, 2.45) is 5.92 Å². The number of benzene rings is 1. The van der Waals surface area contributed by atoms with Crippen LogP contribution in [0.1, 0.15) is 24.9 Å². The van der Waals surface area contributed by atoms with Crippen LogP contribution in [0.2, 0.25) is 0 Å². The Labute approximate surface area is 124 Å². The molecule has 0 radical (unpaired) electrons. The summed E-state index contributed by atoms with van der Waals surface area (Å²) in [5, 5.41) is 3.50. The molecule has 0 aliphatic carbocycles. The fourth-order valence-electron chi connectivity index (χ4n) is 3.24. The van der Waals surface area contributed by atoms with E-state index >= 15 is 0 Å². The Bertz CT molecular complexity index is 379. The molecule has 0 bridgehead atoms. The summed E-state index contributed by atoms with van der Waals surface area (Å²) in [6, 6.07) is 11.3. The molecule has 1 fully saturated rings. The molecule has 1 heterocycles. The summed E-state index contributed by atoms with van der Waals surface area (Å²) in [5.74, 6) is 0.616. The zero-order valence-electron chi connectivity index (χ0n) is 13.2. The van der Waals surface area contributed by atoms with E-state index in [0.717, 1.165) is 0 Å². The van der Waals surface area contributed by atoms with Crippen LogP contribution in [0.25, 0.3) is 0 Å². The molecule has 1 N–H and O–H groups in total. The molecule has 1 saturated heterocycles. The van der Waals surface area contributed by atoms with E-state index in [1.54, 1.807) is 0 Å². The molecule has 0 saturated carbocycles. The van der Waals surface area contributed by atoms with Gasteiger partial charge in [0.15, 0.2) is 0 Å². The molecule has 20 heavy (non-hydrogen) atoms. The molecule has 2 atom stereocenters. The van der Waals surface area contributed by atoms with Crippen LogP contribution >= 0.6 is 0 Å². The van der Waals surface area contributed by atoms with Gasteiger partial charge in [-0.05, 0) is 45.1 Å². The number of nitrogens with one attached hydrogen (secondary N) is 1. The SMILES string of the molecule is CN[C@@H](c1ccccc1)[C@@H](C)CN1CCCN(C)CC1. The topological polar surface area (TPSA) is 18.5 Å². The molecule has 0 unspecified atom stereocenters. The molecule has 3 nitrogen and oxygen atoms in total. The summed E-state index contributed by atoms with van der Waals surface area (Å²) in [6.45, 7) is 8.41. The summed E-state index contributed by atoms with van der Waals surface area (Å²) in [4.78, 5) is 5.07. The fourth-order valence-corrected chi connectivity index (χ4v) is 3.24. The first-order valence-corrected chi connectivity index (χ1v) is 7.84. The molecular formula is C17H29N3. The van der Waals surface area contributed by atoms with Gasteiger partial charge in [-0.15, -0.1) is 0 Å². The van der Waals surface area contributed by atoms with Crippen LogP contribution in [0.5, 0.6) is 0 Å². The highest BCUT2D eigenvalue weighted by Gasteiger charge is 2.21. The first kappa shape index (κ1) is 15.5. The number of nitrogens with zero attached hydrogens (tertiary/aromatic N) is 2. The molecule has 112 valence electrons. The maximum Gasteiger partial charge on any atom is 0.0355 e. The molecule has 0 spiro atoms. The molecule has 1 aliphatic heterocycles. The Balaban J connectivity index is 1.93. The second-order valence-electron chi connectivity index (χ2n) is 6.11. The molecule has 1 aromatic carbocycles. The van der Waals surface area contributed by atoms with E-state index in [1.165, 1.54) is 44.7 Å². The first-order valence-electron chi connectivity index (χ1n) is 7.84. The Kier molecular flexibility index (Phi) is 6.02. The van der Waals surface area contributed by atoms with E-state index in [0.29, 0.717) is 12.0 Å². The van der Waals surface area contributed by atoms with Gasteiger partial charge in [0.2, 0.25) is 0 Å². The third kappa shape index (κ3) is 4.30. The lowest BCUT2D eigenvalue weighted by Gasteiger charge is -2.30. The minimum absolute atomic E-state index is 0.442. The average molecular weight is 275 g/mol. The van der Waals surface area contributed by atoms with Crippen LogP contribution in [-0.2, 0) is 0 Å². The van der Waals surface area contributed by atoms with Gasteiger partial charge < -0.3 is 15.1 Å². The second-order valence-corrected chi connectivity index (χ2v) is 6.11. The standard InChI is InChI=1S/C17H29N3/c1-15(14-20-11-7-10-19(3)12-13-20)17(18-2)16-8-5-4-6-9-16/h4-6,8-9,15,17-18H,7,10-14H2,1-3H3/t15-,17+/m0/s1. The van der Waals surface area contributed by atoms with Gasteiger partial charge >= 0.3 is 0 Å². The average Bonchev–Trinajstić information content (AvgIpc) is 2.66. The van der Waals surface area contributed by atoms with Gasteiger partial charge in [0.1, 0.15) is 0 Å². The third-order valence-electron chi connectivity index (χ3n) is 4.40. The normalized spacial score (nSPS) is 21.4. The first-order chi connectivity index (χ1) is 9.70. The van der Waals surface area contributed by atoms with E-state index in [2.05, 4.69) is 66.5 Å². The zero-order valence-corrected chi connectivity index (χ0v) is 13.2. The van der Waals surface area contributed by atoms with Crippen molar-refractivity contribution in [1.82, 2.24) is 15.1 Å². The lowest BCUT2D eigenvalue weighted by atomic mass is 9.94. The van der Waals surface area contributed by atoms with E-state index in [-0.39, 0.29) is 0 Å². The van der Waals surface area contributed by atoms with Crippen molar-refractivity contribution in [3.63, 3.8) is 0 Å². The van der Waals surface area contributed by atoms with Crippen molar-refractivity contribution in [2.75, 3.05) is 46.8 Å². The Hall–Kier alpha value is -0.900. The molecule has 3 heteroatoms. The van der Waals surface area contributed by atoms with Crippen molar-refractivity contribution in [2.45, 2.75) is 19.4 Å². The van der Waals surface area contributed by atoms with Crippen LogP contribution in [0.15, 0.2) is 30.3 Å². The van der Waals surface area contributed by atoms with Gasteiger partial charge in [0.25, 0.3) is 0 Å². The van der Waals surface area contributed by atoms with Crippen LogP contribution in [0.3, 0.4) is 0 Å². The lowest BCUT2D eigenvalue weighted by Crippen LogP contribution is -2.36. The Morgan fingerprint density at radius 1 is 1.10 bits per heavy atom. The van der Waals surface area contributed by atoms with E-state index in [1.807, 2.05) is 0 Å². The van der Waals surface area contributed by atoms with Gasteiger partial charge in [-0.25, -0.2) is 0 Å². The van der Waals surface area contributed by atoms with E-state index < -0.39 is 0 Å². The highest BCUT2D eigenvalue weighted by molar-refractivity contribution is 5.19. The predicted octanol–water partition coefficient (Wildman–Crippen LogP) is 2.22. The molecular weight excluding hydrogens is 246 g/mol. The molecule has 2 rings (SSSR count). The summed E-state index contributed by atoms with van der Waals surface area (Å²) in [6.07, 6.45) is 1.29. The van der Waals surface area contributed by atoms with Crippen molar-refractivity contribution in [1.29, 1.82) is 0 Å². The fraction of sp³-hybridized carbons (Fsp3) is 0.647. The van der Waals surface area contributed by atoms with Crippen LogP contribution in [0, 0.1) is 5.92 Å². The van der Waals surface area contributed by atoms with Crippen LogP contribution in [0.4, 0.5) is 0 Å². The van der Waals surface area contributed by atoms with Crippen molar-refractivity contribution >= 4 is 0 Å². The monoisotopic (exact) mass is 275 g/mol. The predicted molar refractivity (Wildman–Crippen MR) is 86.0 cm³/mol. The van der Waals surface area contributed by atoms with Gasteiger partial charge in [0, 0.05) is 25.7 Å². The lowest BCUT2D eigenvalue weighted by molar-refractivity contribution is 0.218. The molecule has 1 aromatic rings. The molecule has 0 aromatic heterocycles. The van der Waals surface area contributed by atoms with Gasteiger partial charge in [-0.3, -0.25) is 0 Å². The van der Waals surface area contributed by atoms with Gasteiger partial charge in [-0.1, -0.05) is 37.3 Å². The van der Waals surface area contributed by atoms with Crippen LogP contribution < -0.4 is 5.32 Å². The Morgan fingerprint density at radius 2 is 1.85 bits per heavy atom. The highest BCUT2D eigenvalue weighted by atomic mass is 15.2. The molecule has 1 aliphatic rings. The van der Waals surface area contributed by atoms with Crippen molar-refractivity contribution in [3.8, 4) is 0 Å². The summed E-state index contributed by atoms with van der Waals surface area (Å²) >= 11 is 0. The third-order valence-corrected chi connectivity index (χ3v) is 4.40. The van der Waals surface area contributed by atoms with Crippen LogP contribution in [-0.4, -0.2) is 56.6 Å². The highest BCUT2D eigenvalue weighted by Crippen LogP contribution is 2.22. The van der Waals surface area contributed by atoms with E-state index in [4.69, 9.17) is 0 Å².